The lowest BCUT2D eigenvalue weighted by molar-refractivity contribution is -0.114. The van der Waals surface area contributed by atoms with E-state index in [1.54, 1.807) is 42.5 Å². The lowest BCUT2D eigenvalue weighted by atomic mass is 10.2. The predicted molar refractivity (Wildman–Crippen MR) is 84.8 cm³/mol. The van der Waals surface area contributed by atoms with Gasteiger partial charge in [-0.3, -0.25) is 9.59 Å². The maximum Gasteiger partial charge on any atom is 0.248 e. The maximum absolute atomic E-state index is 12.8. The molecule has 0 aliphatic heterocycles. The van der Waals surface area contributed by atoms with Crippen LogP contribution in [-0.4, -0.2) is 11.8 Å². The molecule has 2 rings (SSSR count). The number of carbonyl (C=O) groups is 2. The van der Waals surface area contributed by atoms with E-state index < -0.39 is 0 Å². The molecule has 0 atom stereocenters. The van der Waals surface area contributed by atoms with Crippen molar-refractivity contribution in [1.29, 1.82) is 0 Å². The topological polar surface area (TPSA) is 58.2 Å². The van der Waals surface area contributed by atoms with Crippen LogP contribution >= 0.6 is 0 Å². The molecule has 0 radical (unpaired) electrons. The quantitative estimate of drug-likeness (QED) is 0.850. The van der Waals surface area contributed by atoms with Crippen LogP contribution in [0.5, 0.6) is 0 Å². The zero-order chi connectivity index (χ0) is 15.9. The van der Waals surface area contributed by atoms with Crippen molar-refractivity contribution < 1.29 is 14.0 Å². The Bertz CT molecular complexity index is 692. The maximum atomic E-state index is 12.8. The summed E-state index contributed by atoms with van der Waals surface area (Å²) >= 11 is 0. The third-order valence-electron chi connectivity index (χ3n) is 2.77. The number of benzene rings is 2. The first-order valence-electron chi connectivity index (χ1n) is 6.65. The van der Waals surface area contributed by atoms with Crippen LogP contribution in [0.1, 0.15) is 12.5 Å². The number of carbonyl (C=O) groups excluding carboxylic acids is 2. The van der Waals surface area contributed by atoms with E-state index in [2.05, 4.69) is 10.6 Å². The van der Waals surface area contributed by atoms with Gasteiger partial charge in [-0.15, -0.1) is 0 Å². The second-order valence-electron chi connectivity index (χ2n) is 4.63. The Morgan fingerprint density at radius 2 is 1.45 bits per heavy atom. The van der Waals surface area contributed by atoms with Crippen LogP contribution in [0.3, 0.4) is 0 Å². The van der Waals surface area contributed by atoms with E-state index in [9.17, 15) is 14.0 Å². The van der Waals surface area contributed by atoms with Crippen LogP contribution in [0.2, 0.25) is 0 Å². The van der Waals surface area contributed by atoms with Gasteiger partial charge < -0.3 is 10.6 Å². The lowest BCUT2D eigenvalue weighted by Gasteiger charge is -2.05. The highest BCUT2D eigenvalue weighted by atomic mass is 19.1. The molecule has 0 saturated heterocycles. The summed E-state index contributed by atoms with van der Waals surface area (Å²) in [5.74, 6) is -0.767. The third-order valence-corrected chi connectivity index (χ3v) is 2.77. The van der Waals surface area contributed by atoms with E-state index in [0.29, 0.717) is 11.4 Å². The van der Waals surface area contributed by atoms with Crippen molar-refractivity contribution in [1.82, 2.24) is 0 Å². The molecule has 0 aliphatic carbocycles. The Hall–Kier alpha value is -2.95. The normalized spacial score (nSPS) is 10.5. The average Bonchev–Trinajstić information content (AvgIpc) is 2.48. The Kier molecular flexibility index (Phi) is 5.03. The zero-order valence-corrected chi connectivity index (χ0v) is 12.0. The van der Waals surface area contributed by atoms with Crippen LogP contribution in [0.15, 0.2) is 54.6 Å². The Labute approximate surface area is 127 Å². The van der Waals surface area contributed by atoms with Gasteiger partial charge in [-0.1, -0.05) is 12.1 Å². The minimum Gasteiger partial charge on any atom is -0.326 e. The largest absolute Gasteiger partial charge is 0.326 e. The molecule has 4 nitrogen and oxygen atoms in total. The van der Waals surface area contributed by atoms with E-state index in [-0.39, 0.29) is 17.6 Å². The van der Waals surface area contributed by atoms with Gasteiger partial charge >= 0.3 is 0 Å². The van der Waals surface area contributed by atoms with Crippen molar-refractivity contribution in [3.63, 3.8) is 0 Å². The fourth-order valence-corrected chi connectivity index (χ4v) is 1.77. The van der Waals surface area contributed by atoms with Crippen LogP contribution in [0.4, 0.5) is 15.8 Å². The zero-order valence-electron chi connectivity index (χ0n) is 12.0. The highest BCUT2D eigenvalue weighted by molar-refractivity contribution is 6.02. The third kappa shape index (κ3) is 4.86. The van der Waals surface area contributed by atoms with Gasteiger partial charge in [0.25, 0.3) is 0 Å². The standard InChI is InChI=1S/C17H15FN2O2/c1-12(21)19-15-7-9-16(10-8-15)20-17(22)11-4-13-2-5-14(18)6-3-13/h2-11H,1H3,(H,19,21)(H,20,22). The molecule has 2 aromatic carbocycles. The van der Waals surface area contributed by atoms with Gasteiger partial charge in [0.2, 0.25) is 11.8 Å². The number of nitrogens with one attached hydrogen (secondary N) is 2. The molecule has 112 valence electrons. The molecular weight excluding hydrogens is 283 g/mol. The number of hydrogen-bond donors (Lipinski definition) is 2. The summed E-state index contributed by atoms with van der Waals surface area (Å²) in [5.41, 5.74) is 2.01. The van der Waals surface area contributed by atoms with Gasteiger partial charge in [0.15, 0.2) is 0 Å². The van der Waals surface area contributed by atoms with Crippen molar-refractivity contribution >= 4 is 29.3 Å². The van der Waals surface area contributed by atoms with E-state index in [1.807, 2.05) is 0 Å². The van der Waals surface area contributed by atoms with Crippen LogP contribution in [-0.2, 0) is 9.59 Å². The fourth-order valence-electron chi connectivity index (χ4n) is 1.77. The van der Waals surface area contributed by atoms with E-state index in [1.165, 1.54) is 25.1 Å². The highest BCUT2D eigenvalue weighted by Gasteiger charge is 1.99. The molecule has 0 heterocycles. The van der Waals surface area contributed by atoms with Crippen molar-refractivity contribution in [2.24, 2.45) is 0 Å². The first-order valence-corrected chi connectivity index (χ1v) is 6.65. The molecule has 0 bridgehead atoms. The molecule has 0 aliphatic rings. The molecule has 22 heavy (non-hydrogen) atoms. The summed E-state index contributed by atoms with van der Waals surface area (Å²) in [6.45, 7) is 1.43. The molecule has 0 saturated carbocycles. The van der Waals surface area contributed by atoms with Gasteiger partial charge in [0.1, 0.15) is 5.82 Å². The first-order chi connectivity index (χ1) is 10.5. The monoisotopic (exact) mass is 298 g/mol. The molecule has 0 aromatic heterocycles. The number of halogens is 1. The van der Waals surface area contributed by atoms with Gasteiger partial charge in [0.05, 0.1) is 0 Å². The molecule has 0 fully saturated rings. The summed E-state index contributed by atoms with van der Waals surface area (Å²) in [5, 5.41) is 5.33. The molecule has 5 heteroatoms. The van der Waals surface area contributed by atoms with Gasteiger partial charge in [-0.05, 0) is 48.0 Å². The van der Waals surface area contributed by atoms with Gasteiger partial charge in [-0.2, -0.15) is 0 Å². The van der Waals surface area contributed by atoms with Crippen LogP contribution in [0.25, 0.3) is 6.08 Å². The fraction of sp³-hybridized carbons (Fsp3) is 0.0588. The molecule has 0 spiro atoms. The molecule has 2 aromatic rings. The predicted octanol–water partition coefficient (Wildman–Crippen LogP) is 3.44. The minimum absolute atomic E-state index is 0.154. The van der Waals surface area contributed by atoms with E-state index >= 15 is 0 Å². The molecule has 2 N–H and O–H groups in total. The van der Waals surface area contributed by atoms with Crippen LogP contribution in [0, 0.1) is 5.82 Å². The summed E-state index contributed by atoms with van der Waals surface area (Å²) in [7, 11) is 0. The van der Waals surface area contributed by atoms with E-state index in [4.69, 9.17) is 0 Å². The van der Waals surface area contributed by atoms with Crippen molar-refractivity contribution in [3.05, 3.63) is 66.0 Å². The Morgan fingerprint density at radius 3 is 2.00 bits per heavy atom. The number of rotatable bonds is 4. The summed E-state index contributed by atoms with van der Waals surface area (Å²) in [4.78, 5) is 22.7. The van der Waals surface area contributed by atoms with Crippen molar-refractivity contribution in [2.45, 2.75) is 6.92 Å². The summed E-state index contributed by atoms with van der Waals surface area (Å²) in [6, 6.07) is 12.6. The first kappa shape index (κ1) is 15.4. The van der Waals surface area contributed by atoms with Gasteiger partial charge in [0, 0.05) is 24.4 Å². The Balaban J connectivity index is 1.94. The second-order valence-corrected chi connectivity index (χ2v) is 4.63. The second kappa shape index (κ2) is 7.17. The molecule has 2 amide bonds. The lowest BCUT2D eigenvalue weighted by Crippen LogP contribution is -2.08. The van der Waals surface area contributed by atoms with Crippen molar-refractivity contribution in [3.8, 4) is 0 Å². The number of amides is 2. The van der Waals surface area contributed by atoms with E-state index in [0.717, 1.165) is 5.56 Å². The van der Waals surface area contributed by atoms with Gasteiger partial charge in [-0.25, -0.2) is 4.39 Å². The van der Waals surface area contributed by atoms with Crippen LogP contribution < -0.4 is 10.6 Å². The minimum atomic E-state index is -0.319. The smallest absolute Gasteiger partial charge is 0.248 e. The molecule has 0 unspecified atom stereocenters. The summed E-state index contributed by atoms with van der Waals surface area (Å²) < 4.78 is 12.8. The SMILES string of the molecule is CC(=O)Nc1ccc(NC(=O)C=Cc2ccc(F)cc2)cc1. The highest BCUT2D eigenvalue weighted by Crippen LogP contribution is 2.13. The average molecular weight is 298 g/mol. The molecular formula is C17H15FN2O2. The Morgan fingerprint density at radius 1 is 0.909 bits per heavy atom. The summed E-state index contributed by atoms with van der Waals surface area (Å²) in [6.07, 6.45) is 2.97. The van der Waals surface area contributed by atoms with Crippen molar-refractivity contribution in [2.75, 3.05) is 10.6 Å². The number of hydrogen-bond acceptors (Lipinski definition) is 2. The number of anilines is 2.